The number of hydrogen-bond donors (Lipinski definition) is 1. The second kappa shape index (κ2) is 5.62. The third-order valence-electron chi connectivity index (χ3n) is 1.21. The van der Waals surface area contributed by atoms with E-state index in [4.69, 9.17) is 14.8 Å². The number of rotatable bonds is 6. The molecule has 0 radical (unpaired) electrons. The predicted molar refractivity (Wildman–Crippen MR) is 51.2 cm³/mol. The summed E-state index contributed by atoms with van der Waals surface area (Å²) in [5, 5.41) is 0. The van der Waals surface area contributed by atoms with Crippen molar-refractivity contribution in [2.75, 3.05) is 34.3 Å². The van der Waals surface area contributed by atoms with Gasteiger partial charge in [-0.25, -0.2) is 0 Å². The first kappa shape index (κ1) is 12.9. The fraction of sp³-hybridized carbons (Fsp3) is 1.00. The SMILES string of the molecule is CC(N)O[P+](=O)OCC[N+](C)(C)C. The third-order valence-corrected chi connectivity index (χ3v) is 2.11. The van der Waals surface area contributed by atoms with Gasteiger partial charge in [0.1, 0.15) is 6.54 Å². The van der Waals surface area contributed by atoms with Crippen molar-refractivity contribution in [1.82, 2.24) is 0 Å². The van der Waals surface area contributed by atoms with Crippen LogP contribution in [-0.2, 0) is 13.6 Å². The molecule has 0 saturated carbocycles. The van der Waals surface area contributed by atoms with E-state index in [-0.39, 0.29) is 0 Å². The molecule has 0 aromatic rings. The van der Waals surface area contributed by atoms with E-state index in [1.54, 1.807) is 6.92 Å². The highest BCUT2D eigenvalue weighted by atomic mass is 31.1. The number of nitrogens with two attached hydrogens (primary N) is 1. The molecule has 0 aliphatic carbocycles. The number of quaternary nitrogens is 1. The Balaban J connectivity index is 3.49. The van der Waals surface area contributed by atoms with Crippen LogP contribution < -0.4 is 5.73 Å². The van der Waals surface area contributed by atoms with E-state index in [9.17, 15) is 4.57 Å². The molecule has 6 heteroatoms. The Hall–Kier alpha value is -0.0600. The lowest BCUT2D eigenvalue weighted by Crippen LogP contribution is -2.37. The first-order valence-corrected chi connectivity index (χ1v) is 5.24. The average Bonchev–Trinajstić information content (AvgIpc) is 1.81. The summed E-state index contributed by atoms with van der Waals surface area (Å²) in [6.45, 7) is 2.80. The standard InChI is InChI=1S/C7H19N2O3P/c1-7(8)12-13(10)11-6-5-9(2,3)4/h7H,5-6,8H2,1-4H3/q+2. The summed E-state index contributed by atoms with van der Waals surface area (Å²) >= 11 is 0. The van der Waals surface area contributed by atoms with Gasteiger partial charge in [-0.05, 0) is 6.92 Å². The lowest BCUT2D eigenvalue weighted by molar-refractivity contribution is -0.870. The molecule has 0 aromatic carbocycles. The van der Waals surface area contributed by atoms with E-state index in [1.807, 2.05) is 21.1 Å². The zero-order chi connectivity index (χ0) is 10.5. The molecule has 5 nitrogen and oxygen atoms in total. The van der Waals surface area contributed by atoms with Crippen molar-refractivity contribution < 1.29 is 18.1 Å². The molecule has 2 atom stereocenters. The molecule has 0 rings (SSSR count). The maximum Gasteiger partial charge on any atom is 0.699 e. The van der Waals surface area contributed by atoms with E-state index < -0.39 is 14.5 Å². The van der Waals surface area contributed by atoms with Gasteiger partial charge >= 0.3 is 8.25 Å². The van der Waals surface area contributed by atoms with E-state index in [2.05, 4.69) is 0 Å². The average molecular weight is 210 g/mol. The summed E-state index contributed by atoms with van der Waals surface area (Å²) < 4.78 is 21.4. The summed E-state index contributed by atoms with van der Waals surface area (Å²) in [6, 6.07) is 0. The molecule has 2 unspecified atom stereocenters. The Morgan fingerprint density at radius 3 is 2.38 bits per heavy atom. The predicted octanol–water partition coefficient (Wildman–Crippen LogP) is 0.688. The van der Waals surface area contributed by atoms with Crippen LogP contribution in [-0.4, -0.2) is 45.0 Å². The monoisotopic (exact) mass is 210 g/mol. The molecule has 0 amide bonds. The molecule has 0 heterocycles. The molecular formula is C7H19N2O3P+2. The Bertz CT molecular complexity index is 168. The van der Waals surface area contributed by atoms with Crippen LogP contribution in [0.25, 0.3) is 0 Å². The molecule has 0 aliphatic heterocycles. The Labute approximate surface area is 80.3 Å². The molecule has 0 saturated heterocycles. The minimum Gasteiger partial charge on any atom is -0.329 e. The maximum atomic E-state index is 11.0. The topological polar surface area (TPSA) is 61.5 Å². The van der Waals surface area contributed by atoms with Crippen LogP contribution in [0.1, 0.15) is 6.92 Å². The highest BCUT2D eigenvalue weighted by molar-refractivity contribution is 7.33. The van der Waals surface area contributed by atoms with Gasteiger partial charge < -0.3 is 10.2 Å². The highest BCUT2D eigenvalue weighted by Crippen LogP contribution is 2.24. The Morgan fingerprint density at radius 2 is 2.00 bits per heavy atom. The van der Waals surface area contributed by atoms with E-state index in [0.717, 1.165) is 11.0 Å². The lowest BCUT2D eigenvalue weighted by Gasteiger charge is -2.21. The van der Waals surface area contributed by atoms with Crippen LogP contribution in [0.15, 0.2) is 0 Å². The maximum absolute atomic E-state index is 11.0. The van der Waals surface area contributed by atoms with E-state index >= 15 is 0 Å². The molecule has 0 aliphatic rings. The fourth-order valence-corrected chi connectivity index (χ4v) is 1.12. The second-order valence-electron chi connectivity index (χ2n) is 3.88. The number of likely N-dealkylation sites (N-methyl/N-ethyl adjacent to an activating group) is 1. The van der Waals surface area contributed by atoms with Gasteiger partial charge in [-0.2, -0.15) is 0 Å². The van der Waals surface area contributed by atoms with Crippen molar-refractivity contribution in [3.8, 4) is 0 Å². The van der Waals surface area contributed by atoms with Crippen molar-refractivity contribution in [1.29, 1.82) is 0 Å². The van der Waals surface area contributed by atoms with Crippen molar-refractivity contribution >= 4 is 8.25 Å². The summed E-state index contributed by atoms with van der Waals surface area (Å²) in [4.78, 5) is 0. The zero-order valence-corrected chi connectivity index (χ0v) is 9.58. The lowest BCUT2D eigenvalue weighted by atomic mass is 10.5. The van der Waals surface area contributed by atoms with E-state index in [0.29, 0.717) is 6.61 Å². The highest BCUT2D eigenvalue weighted by Gasteiger charge is 2.23. The molecular weight excluding hydrogens is 191 g/mol. The Kier molecular flexibility index (Phi) is 5.60. The van der Waals surface area contributed by atoms with Crippen molar-refractivity contribution in [3.63, 3.8) is 0 Å². The number of hydrogen-bond acceptors (Lipinski definition) is 4. The van der Waals surface area contributed by atoms with Gasteiger partial charge in [-0.15, -0.1) is 9.05 Å². The third kappa shape index (κ3) is 9.86. The van der Waals surface area contributed by atoms with Crippen LogP contribution in [0, 0.1) is 0 Å². The summed E-state index contributed by atoms with van der Waals surface area (Å²) in [6.07, 6.45) is -0.548. The summed E-state index contributed by atoms with van der Waals surface area (Å²) in [7, 11) is 4.03. The first-order chi connectivity index (χ1) is 5.81. The Morgan fingerprint density at radius 1 is 1.46 bits per heavy atom. The van der Waals surface area contributed by atoms with Crippen LogP contribution in [0.3, 0.4) is 0 Å². The van der Waals surface area contributed by atoms with Gasteiger partial charge in [0.15, 0.2) is 12.8 Å². The van der Waals surface area contributed by atoms with Gasteiger partial charge in [-0.1, -0.05) is 0 Å². The van der Waals surface area contributed by atoms with Crippen LogP contribution in [0.4, 0.5) is 0 Å². The molecule has 78 valence electrons. The van der Waals surface area contributed by atoms with Gasteiger partial charge in [0.25, 0.3) is 0 Å². The normalized spacial score (nSPS) is 15.6. The molecule has 2 N–H and O–H groups in total. The first-order valence-electron chi connectivity index (χ1n) is 4.14. The van der Waals surface area contributed by atoms with Gasteiger partial charge in [0, 0.05) is 4.57 Å². The van der Waals surface area contributed by atoms with Crippen LogP contribution >= 0.6 is 8.25 Å². The van der Waals surface area contributed by atoms with Crippen molar-refractivity contribution in [2.24, 2.45) is 5.73 Å². The van der Waals surface area contributed by atoms with Crippen molar-refractivity contribution in [2.45, 2.75) is 13.2 Å². The van der Waals surface area contributed by atoms with Gasteiger partial charge in [0.2, 0.25) is 0 Å². The zero-order valence-electron chi connectivity index (χ0n) is 8.69. The molecule has 0 bridgehead atoms. The van der Waals surface area contributed by atoms with E-state index in [1.165, 1.54) is 0 Å². The quantitative estimate of drug-likeness (QED) is 0.398. The van der Waals surface area contributed by atoms with Gasteiger partial charge in [-0.3, -0.25) is 0 Å². The smallest absolute Gasteiger partial charge is 0.329 e. The molecule has 0 aromatic heterocycles. The van der Waals surface area contributed by atoms with Crippen LogP contribution in [0.2, 0.25) is 0 Å². The minimum atomic E-state index is -2.06. The van der Waals surface area contributed by atoms with Crippen molar-refractivity contribution in [3.05, 3.63) is 0 Å². The fourth-order valence-electron chi connectivity index (χ4n) is 0.555. The largest absolute Gasteiger partial charge is 0.699 e. The van der Waals surface area contributed by atoms with Gasteiger partial charge in [0.05, 0.1) is 21.1 Å². The minimum absolute atomic E-state index is 0.408. The van der Waals surface area contributed by atoms with Crippen LogP contribution in [0.5, 0.6) is 0 Å². The summed E-state index contributed by atoms with van der Waals surface area (Å²) in [5.41, 5.74) is 5.26. The molecule has 13 heavy (non-hydrogen) atoms. The number of nitrogens with zero attached hydrogens (tertiary/aromatic N) is 1. The summed E-state index contributed by atoms with van der Waals surface area (Å²) in [5.74, 6) is 0. The molecule has 0 spiro atoms. The second-order valence-corrected chi connectivity index (χ2v) is 4.80. The molecule has 0 fully saturated rings.